The van der Waals surface area contributed by atoms with Gasteiger partial charge in [-0.15, -0.1) is 5.10 Å². The molecular formula is C19H20BrN5. The average Bonchev–Trinajstić information content (AvgIpc) is 2.63. The second kappa shape index (κ2) is 8.07. The Morgan fingerprint density at radius 1 is 1.12 bits per heavy atom. The molecule has 3 aromatic rings. The van der Waals surface area contributed by atoms with Crippen molar-refractivity contribution in [1.82, 2.24) is 15.2 Å². The van der Waals surface area contributed by atoms with Crippen molar-refractivity contribution >= 4 is 33.4 Å². The van der Waals surface area contributed by atoms with Crippen LogP contribution in [0, 0.1) is 6.92 Å². The first-order valence-corrected chi connectivity index (χ1v) is 8.97. The van der Waals surface area contributed by atoms with Crippen LogP contribution in [-0.4, -0.2) is 21.7 Å². The van der Waals surface area contributed by atoms with Gasteiger partial charge in [-0.05, 0) is 53.0 Å². The summed E-state index contributed by atoms with van der Waals surface area (Å²) in [5.74, 6) is 1.28. The summed E-state index contributed by atoms with van der Waals surface area (Å²) in [4.78, 5) is 6.79. The third-order valence-corrected chi connectivity index (χ3v) is 4.50. The highest BCUT2D eigenvalue weighted by atomic mass is 79.9. The van der Waals surface area contributed by atoms with Crippen LogP contribution in [0.4, 0.5) is 17.5 Å². The summed E-state index contributed by atoms with van der Waals surface area (Å²) in [6.45, 7) is 5.77. The van der Waals surface area contributed by atoms with Gasteiger partial charge in [0.1, 0.15) is 0 Å². The zero-order chi connectivity index (χ0) is 17.6. The van der Waals surface area contributed by atoms with Gasteiger partial charge in [-0.2, -0.15) is 10.1 Å². The van der Waals surface area contributed by atoms with Crippen LogP contribution in [0.25, 0.3) is 0 Å². The number of anilines is 3. The Labute approximate surface area is 156 Å². The first kappa shape index (κ1) is 17.4. The number of hydrogen-bond donors (Lipinski definition) is 1. The highest BCUT2D eigenvalue weighted by Gasteiger charge is 2.10. The SMILES string of the molecule is CCN(Cc1ccccc1)c1cnnc(Nc2ccc(C)cc2Br)n1. The second-order valence-corrected chi connectivity index (χ2v) is 6.60. The summed E-state index contributed by atoms with van der Waals surface area (Å²) in [7, 11) is 0. The van der Waals surface area contributed by atoms with Gasteiger partial charge in [0, 0.05) is 17.6 Å². The Balaban J connectivity index is 1.80. The monoisotopic (exact) mass is 397 g/mol. The van der Waals surface area contributed by atoms with E-state index in [0.29, 0.717) is 5.95 Å². The molecule has 5 nitrogen and oxygen atoms in total. The van der Waals surface area contributed by atoms with Gasteiger partial charge >= 0.3 is 0 Å². The smallest absolute Gasteiger partial charge is 0.249 e. The topological polar surface area (TPSA) is 53.9 Å². The van der Waals surface area contributed by atoms with Crippen molar-refractivity contribution < 1.29 is 0 Å². The molecule has 0 aliphatic rings. The molecule has 0 atom stereocenters. The maximum absolute atomic E-state index is 4.62. The van der Waals surface area contributed by atoms with Crippen molar-refractivity contribution in [3.8, 4) is 0 Å². The van der Waals surface area contributed by atoms with E-state index in [4.69, 9.17) is 0 Å². The predicted molar refractivity (Wildman–Crippen MR) is 105 cm³/mol. The van der Waals surface area contributed by atoms with Crippen molar-refractivity contribution in [2.75, 3.05) is 16.8 Å². The Hall–Kier alpha value is -2.47. The third-order valence-electron chi connectivity index (χ3n) is 3.84. The third kappa shape index (κ3) is 4.54. The summed E-state index contributed by atoms with van der Waals surface area (Å²) in [5.41, 5.74) is 3.33. The molecule has 128 valence electrons. The Bertz CT molecular complexity index is 838. The van der Waals surface area contributed by atoms with Gasteiger partial charge in [-0.3, -0.25) is 0 Å². The van der Waals surface area contributed by atoms with Crippen molar-refractivity contribution in [2.45, 2.75) is 20.4 Å². The number of aryl methyl sites for hydroxylation is 1. The summed E-state index contributed by atoms with van der Waals surface area (Å²) >= 11 is 3.56. The largest absolute Gasteiger partial charge is 0.351 e. The Morgan fingerprint density at radius 3 is 2.64 bits per heavy atom. The predicted octanol–water partition coefficient (Wildman–Crippen LogP) is 4.71. The molecule has 1 heterocycles. The highest BCUT2D eigenvalue weighted by molar-refractivity contribution is 9.10. The minimum atomic E-state index is 0.480. The molecule has 0 aliphatic carbocycles. The van der Waals surface area contributed by atoms with Crippen LogP contribution in [0.2, 0.25) is 0 Å². The minimum absolute atomic E-state index is 0.480. The fourth-order valence-corrected chi connectivity index (χ4v) is 3.09. The fraction of sp³-hybridized carbons (Fsp3) is 0.211. The molecule has 0 fully saturated rings. The molecule has 0 saturated heterocycles. The van der Waals surface area contributed by atoms with Crippen molar-refractivity contribution in [1.29, 1.82) is 0 Å². The fourth-order valence-electron chi connectivity index (χ4n) is 2.50. The molecule has 2 aromatic carbocycles. The standard InChI is InChI=1S/C19H20BrN5/c1-3-25(13-15-7-5-4-6-8-15)18-12-21-24-19(23-18)22-17-10-9-14(2)11-16(17)20/h4-12H,3,13H2,1-2H3,(H,22,23,24). The summed E-state index contributed by atoms with van der Waals surface area (Å²) < 4.78 is 0.970. The second-order valence-electron chi connectivity index (χ2n) is 5.75. The van der Waals surface area contributed by atoms with E-state index in [1.807, 2.05) is 36.4 Å². The van der Waals surface area contributed by atoms with Gasteiger partial charge in [0.2, 0.25) is 5.95 Å². The summed E-state index contributed by atoms with van der Waals surface area (Å²) in [5, 5.41) is 11.4. The molecule has 0 unspecified atom stereocenters. The number of nitrogens with zero attached hydrogens (tertiary/aromatic N) is 4. The average molecular weight is 398 g/mol. The number of aromatic nitrogens is 3. The van der Waals surface area contributed by atoms with E-state index >= 15 is 0 Å². The van der Waals surface area contributed by atoms with Gasteiger partial charge < -0.3 is 10.2 Å². The maximum Gasteiger partial charge on any atom is 0.249 e. The van der Waals surface area contributed by atoms with Crippen molar-refractivity contribution in [3.05, 3.63) is 70.3 Å². The van der Waals surface area contributed by atoms with E-state index in [0.717, 1.165) is 29.1 Å². The lowest BCUT2D eigenvalue weighted by atomic mass is 10.2. The molecule has 6 heteroatoms. The van der Waals surface area contributed by atoms with Crippen molar-refractivity contribution in [2.24, 2.45) is 0 Å². The van der Waals surface area contributed by atoms with Crippen LogP contribution in [0.1, 0.15) is 18.1 Å². The number of nitrogens with one attached hydrogen (secondary N) is 1. The zero-order valence-electron chi connectivity index (χ0n) is 14.3. The molecule has 1 aromatic heterocycles. The summed E-state index contributed by atoms with van der Waals surface area (Å²) in [6.07, 6.45) is 1.70. The van der Waals surface area contributed by atoms with Gasteiger partial charge in [-0.1, -0.05) is 36.4 Å². The molecule has 0 aliphatic heterocycles. The minimum Gasteiger partial charge on any atom is -0.351 e. The van der Waals surface area contributed by atoms with Gasteiger partial charge in [0.05, 0.1) is 11.9 Å². The van der Waals surface area contributed by atoms with Crippen LogP contribution >= 0.6 is 15.9 Å². The zero-order valence-corrected chi connectivity index (χ0v) is 15.9. The molecule has 0 bridgehead atoms. The van der Waals surface area contributed by atoms with E-state index in [2.05, 4.69) is 67.3 Å². The number of rotatable bonds is 6. The quantitative estimate of drug-likeness (QED) is 0.652. The molecule has 0 spiro atoms. The highest BCUT2D eigenvalue weighted by Crippen LogP contribution is 2.26. The lowest BCUT2D eigenvalue weighted by Crippen LogP contribution is -2.23. The van der Waals surface area contributed by atoms with Crippen LogP contribution < -0.4 is 10.2 Å². The van der Waals surface area contributed by atoms with Crippen molar-refractivity contribution in [3.63, 3.8) is 0 Å². The lowest BCUT2D eigenvalue weighted by Gasteiger charge is -2.22. The van der Waals surface area contributed by atoms with E-state index in [-0.39, 0.29) is 0 Å². The van der Waals surface area contributed by atoms with Crippen LogP contribution in [-0.2, 0) is 6.54 Å². The molecule has 0 amide bonds. The van der Waals surface area contributed by atoms with Crippen LogP contribution in [0.15, 0.2) is 59.2 Å². The van der Waals surface area contributed by atoms with E-state index in [1.54, 1.807) is 6.20 Å². The first-order chi connectivity index (χ1) is 12.2. The Kier molecular flexibility index (Phi) is 5.60. The summed E-state index contributed by atoms with van der Waals surface area (Å²) in [6, 6.07) is 16.4. The first-order valence-electron chi connectivity index (χ1n) is 8.17. The molecule has 0 saturated carbocycles. The molecule has 3 rings (SSSR count). The van der Waals surface area contributed by atoms with Crippen LogP contribution in [0.3, 0.4) is 0 Å². The molecule has 0 radical (unpaired) electrons. The normalized spacial score (nSPS) is 10.5. The lowest BCUT2D eigenvalue weighted by molar-refractivity contribution is 0.798. The number of benzene rings is 2. The number of halogens is 1. The van der Waals surface area contributed by atoms with Gasteiger partial charge in [-0.25, -0.2) is 0 Å². The van der Waals surface area contributed by atoms with E-state index in [9.17, 15) is 0 Å². The van der Waals surface area contributed by atoms with E-state index in [1.165, 1.54) is 11.1 Å². The molecule has 25 heavy (non-hydrogen) atoms. The maximum atomic E-state index is 4.62. The van der Waals surface area contributed by atoms with E-state index < -0.39 is 0 Å². The van der Waals surface area contributed by atoms with Gasteiger partial charge in [0.25, 0.3) is 0 Å². The Morgan fingerprint density at radius 2 is 1.92 bits per heavy atom. The molecular weight excluding hydrogens is 378 g/mol. The number of hydrogen-bond acceptors (Lipinski definition) is 5. The molecule has 1 N–H and O–H groups in total. The van der Waals surface area contributed by atoms with Gasteiger partial charge in [0.15, 0.2) is 5.82 Å². The van der Waals surface area contributed by atoms with Crippen LogP contribution in [0.5, 0.6) is 0 Å².